The van der Waals surface area contributed by atoms with Gasteiger partial charge in [0.05, 0.1) is 5.75 Å². The van der Waals surface area contributed by atoms with Crippen molar-refractivity contribution in [2.45, 2.75) is 43.8 Å². The third kappa shape index (κ3) is 4.50. The zero-order chi connectivity index (χ0) is 18.0. The van der Waals surface area contributed by atoms with Gasteiger partial charge in [0, 0.05) is 6.04 Å². The van der Waals surface area contributed by atoms with Gasteiger partial charge in [0.15, 0.2) is 5.16 Å². The van der Waals surface area contributed by atoms with Crippen LogP contribution in [0.15, 0.2) is 5.16 Å². The minimum atomic E-state index is -0.462. The predicted molar refractivity (Wildman–Crippen MR) is 94.5 cm³/mol. The molecule has 2 bridgehead atoms. The first-order valence-corrected chi connectivity index (χ1v) is 9.39. The van der Waals surface area contributed by atoms with Crippen molar-refractivity contribution in [3.05, 3.63) is 0 Å². The molecule has 2 aliphatic carbocycles. The molecule has 3 rings (SSSR count). The molecule has 0 spiro atoms. The van der Waals surface area contributed by atoms with Crippen LogP contribution >= 0.6 is 11.8 Å². The van der Waals surface area contributed by atoms with Crippen LogP contribution in [0.3, 0.4) is 0 Å². The Bertz CT molecular complexity index is 651. The third-order valence-electron chi connectivity index (χ3n) is 5.03. The lowest BCUT2D eigenvalue weighted by Gasteiger charge is -2.28. The summed E-state index contributed by atoms with van der Waals surface area (Å²) < 4.78 is 0. The van der Waals surface area contributed by atoms with Crippen LogP contribution in [0.5, 0.6) is 0 Å². The molecule has 2 fully saturated rings. The number of urea groups is 1. The summed E-state index contributed by atoms with van der Waals surface area (Å²) in [7, 11) is 0. The molecule has 6 N–H and O–H groups in total. The number of hydrogen-bond acceptors (Lipinski definition) is 8. The molecular weight excluding hydrogens is 342 g/mol. The highest BCUT2D eigenvalue weighted by molar-refractivity contribution is 7.99. The molecule has 0 aliphatic heterocycles. The second-order valence-electron chi connectivity index (χ2n) is 6.77. The van der Waals surface area contributed by atoms with Crippen molar-refractivity contribution >= 4 is 35.6 Å². The van der Waals surface area contributed by atoms with E-state index in [1.165, 1.54) is 25.7 Å². The van der Waals surface area contributed by atoms with Crippen molar-refractivity contribution in [2.24, 2.45) is 17.8 Å². The van der Waals surface area contributed by atoms with Gasteiger partial charge in [-0.25, -0.2) is 4.79 Å². The van der Waals surface area contributed by atoms with Crippen LogP contribution < -0.4 is 22.1 Å². The summed E-state index contributed by atoms with van der Waals surface area (Å²) >= 11 is 1.04. The molecule has 0 saturated heterocycles. The van der Waals surface area contributed by atoms with E-state index in [4.69, 9.17) is 11.5 Å². The lowest BCUT2D eigenvalue weighted by Crippen LogP contribution is -2.47. The summed E-state index contributed by atoms with van der Waals surface area (Å²) in [5.41, 5.74) is 10.9. The van der Waals surface area contributed by atoms with Crippen LogP contribution in [0, 0.1) is 17.8 Å². The van der Waals surface area contributed by atoms with Gasteiger partial charge in [0.25, 0.3) is 0 Å². The molecule has 9 nitrogen and oxygen atoms in total. The molecule has 2 aliphatic rings. The lowest BCUT2D eigenvalue weighted by molar-refractivity contribution is -0.117. The van der Waals surface area contributed by atoms with Gasteiger partial charge in [-0.15, -0.1) is 0 Å². The van der Waals surface area contributed by atoms with Crippen molar-refractivity contribution in [1.82, 2.24) is 25.6 Å². The second-order valence-corrected chi connectivity index (χ2v) is 7.71. The first kappa shape index (κ1) is 17.7. The van der Waals surface area contributed by atoms with Gasteiger partial charge in [-0.2, -0.15) is 15.0 Å². The fraction of sp³-hybridized carbons (Fsp3) is 0.667. The Morgan fingerprint density at radius 3 is 2.52 bits per heavy atom. The van der Waals surface area contributed by atoms with Gasteiger partial charge < -0.3 is 16.8 Å². The Labute approximate surface area is 150 Å². The summed E-state index contributed by atoms with van der Waals surface area (Å²) in [4.78, 5) is 35.3. The Hall–Kier alpha value is -2.10. The van der Waals surface area contributed by atoms with Gasteiger partial charge >= 0.3 is 6.03 Å². The van der Waals surface area contributed by atoms with Crippen LogP contribution in [-0.4, -0.2) is 38.7 Å². The Morgan fingerprint density at radius 1 is 1.20 bits per heavy atom. The van der Waals surface area contributed by atoms with E-state index in [-0.39, 0.29) is 28.8 Å². The first-order valence-electron chi connectivity index (χ1n) is 8.41. The van der Waals surface area contributed by atoms with E-state index >= 15 is 0 Å². The Balaban J connectivity index is 1.42. The molecule has 136 valence electrons. The van der Waals surface area contributed by atoms with Gasteiger partial charge in [0.1, 0.15) is 0 Å². The summed E-state index contributed by atoms with van der Waals surface area (Å²) in [5.74, 6) is 1.59. The number of aromatic nitrogens is 3. The fourth-order valence-electron chi connectivity index (χ4n) is 4.00. The van der Waals surface area contributed by atoms with Gasteiger partial charge in [-0.05, 0) is 43.9 Å². The molecular formula is C15H23N7O2S. The van der Waals surface area contributed by atoms with Crippen LogP contribution in [0.2, 0.25) is 0 Å². The summed E-state index contributed by atoms with van der Waals surface area (Å²) in [6.07, 6.45) is 5.04. The van der Waals surface area contributed by atoms with E-state index in [0.717, 1.165) is 17.7 Å². The maximum atomic E-state index is 12.0. The van der Waals surface area contributed by atoms with Gasteiger partial charge in [-0.1, -0.05) is 18.2 Å². The summed E-state index contributed by atoms with van der Waals surface area (Å²) in [6, 6.07) is -0.394. The lowest BCUT2D eigenvalue weighted by atomic mass is 9.84. The molecule has 2 saturated carbocycles. The Kier molecular flexibility index (Phi) is 5.26. The number of imide groups is 1. The molecule has 0 unspecified atom stereocenters. The number of amides is 3. The SMILES string of the molecule is C[C@H](NC(=O)NC(=O)CSc1nc(N)nc(N)n1)[C@H]1C[C@H]2CC[C@H]1C2. The summed E-state index contributed by atoms with van der Waals surface area (Å²) in [5, 5.41) is 5.47. The number of anilines is 2. The molecule has 1 aromatic heterocycles. The Morgan fingerprint density at radius 2 is 1.92 bits per heavy atom. The van der Waals surface area contributed by atoms with E-state index in [2.05, 4.69) is 25.6 Å². The predicted octanol–water partition coefficient (Wildman–Crippen LogP) is 0.779. The van der Waals surface area contributed by atoms with Crippen molar-refractivity contribution in [2.75, 3.05) is 17.2 Å². The normalized spacial score (nSPS) is 25.6. The number of rotatable bonds is 5. The number of carbonyl (C=O) groups excluding carboxylic acids is 2. The minimum Gasteiger partial charge on any atom is -0.368 e. The largest absolute Gasteiger partial charge is 0.368 e. The van der Waals surface area contributed by atoms with E-state index in [9.17, 15) is 9.59 Å². The zero-order valence-corrected chi connectivity index (χ0v) is 14.9. The zero-order valence-electron chi connectivity index (χ0n) is 14.1. The molecule has 4 atom stereocenters. The van der Waals surface area contributed by atoms with Gasteiger partial charge in [0.2, 0.25) is 17.8 Å². The number of fused-ring (bicyclic) bond motifs is 2. The average molecular weight is 365 g/mol. The molecule has 1 heterocycles. The van der Waals surface area contributed by atoms with E-state index in [0.29, 0.717) is 11.8 Å². The highest BCUT2D eigenvalue weighted by Gasteiger charge is 2.42. The smallest absolute Gasteiger partial charge is 0.321 e. The average Bonchev–Trinajstić information content (AvgIpc) is 3.15. The van der Waals surface area contributed by atoms with Gasteiger partial charge in [-0.3, -0.25) is 10.1 Å². The molecule has 0 aromatic carbocycles. The number of hydrogen-bond donors (Lipinski definition) is 4. The van der Waals surface area contributed by atoms with E-state index < -0.39 is 11.9 Å². The maximum absolute atomic E-state index is 12.0. The number of nitrogens with zero attached hydrogens (tertiary/aromatic N) is 3. The highest BCUT2D eigenvalue weighted by Crippen LogP contribution is 2.49. The number of nitrogens with two attached hydrogens (primary N) is 2. The van der Waals surface area contributed by atoms with Crippen LogP contribution in [0.1, 0.15) is 32.6 Å². The van der Waals surface area contributed by atoms with Crippen molar-refractivity contribution < 1.29 is 9.59 Å². The van der Waals surface area contributed by atoms with E-state index in [1.807, 2.05) is 6.92 Å². The third-order valence-corrected chi connectivity index (χ3v) is 5.88. The number of thioether (sulfide) groups is 1. The number of nitrogen functional groups attached to an aromatic ring is 2. The number of carbonyl (C=O) groups is 2. The number of nitrogens with one attached hydrogen (secondary N) is 2. The molecule has 3 amide bonds. The van der Waals surface area contributed by atoms with Crippen LogP contribution in [0.25, 0.3) is 0 Å². The standard InChI is InChI=1S/C15H23N7O2S/c1-7(10-5-8-2-3-9(10)4-8)18-14(24)19-11(23)6-25-15-21-12(16)20-13(17)22-15/h7-10H,2-6H2,1H3,(H2,18,19,23,24)(H4,16,17,20,21,22)/t7-,8-,9-,10+/m0/s1. The quantitative estimate of drug-likeness (QED) is 0.559. The van der Waals surface area contributed by atoms with E-state index in [1.54, 1.807) is 0 Å². The monoisotopic (exact) mass is 365 g/mol. The van der Waals surface area contributed by atoms with Crippen molar-refractivity contribution in [3.63, 3.8) is 0 Å². The fourth-order valence-corrected chi connectivity index (χ4v) is 4.65. The molecule has 25 heavy (non-hydrogen) atoms. The van der Waals surface area contributed by atoms with Crippen molar-refractivity contribution in [1.29, 1.82) is 0 Å². The topological polar surface area (TPSA) is 149 Å². The first-order chi connectivity index (χ1) is 11.9. The highest BCUT2D eigenvalue weighted by atomic mass is 32.2. The molecule has 1 aromatic rings. The minimum absolute atomic E-state index is 0.00663. The van der Waals surface area contributed by atoms with Crippen LogP contribution in [-0.2, 0) is 4.79 Å². The van der Waals surface area contributed by atoms with Crippen LogP contribution in [0.4, 0.5) is 16.7 Å². The maximum Gasteiger partial charge on any atom is 0.321 e. The second kappa shape index (κ2) is 7.42. The molecule has 0 radical (unpaired) electrons. The summed E-state index contributed by atoms with van der Waals surface area (Å²) in [6.45, 7) is 2.01. The van der Waals surface area contributed by atoms with Crippen molar-refractivity contribution in [3.8, 4) is 0 Å². The molecule has 10 heteroatoms.